The summed E-state index contributed by atoms with van der Waals surface area (Å²) in [5.41, 5.74) is 2.99. The molecule has 0 amide bonds. The first-order valence-corrected chi connectivity index (χ1v) is 7.32. The van der Waals surface area contributed by atoms with Gasteiger partial charge in [-0.3, -0.25) is 9.48 Å². The summed E-state index contributed by atoms with van der Waals surface area (Å²) in [5.74, 6) is 0.185. The summed E-state index contributed by atoms with van der Waals surface area (Å²) in [7, 11) is 0. The summed E-state index contributed by atoms with van der Waals surface area (Å²) in [6.45, 7) is 4.90. The summed E-state index contributed by atoms with van der Waals surface area (Å²) in [6.07, 6.45) is 1.73. The number of halogens is 1. The largest absolute Gasteiger partial charge is 0.299 e. The highest BCUT2D eigenvalue weighted by Crippen LogP contribution is 2.13. The van der Waals surface area contributed by atoms with Crippen molar-refractivity contribution in [1.82, 2.24) is 9.78 Å². The van der Waals surface area contributed by atoms with E-state index in [1.165, 1.54) is 0 Å². The van der Waals surface area contributed by atoms with Crippen molar-refractivity contribution in [3.63, 3.8) is 0 Å². The molecule has 0 saturated heterocycles. The van der Waals surface area contributed by atoms with Gasteiger partial charge in [-0.05, 0) is 37.1 Å². The minimum Gasteiger partial charge on any atom is -0.299 e. The van der Waals surface area contributed by atoms with Crippen LogP contribution in [0.15, 0.2) is 30.3 Å². The molecular formula is C16H19ClN2O. The molecule has 3 nitrogen and oxygen atoms in total. The van der Waals surface area contributed by atoms with Gasteiger partial charge in [0.15, 0.2) is 0 Å². The molecule has 0 spiro atoms. The summed E-state index contributed by atoms with van der Waals surface area (Å²) in [6, 6.07) is 9.48. The Morgan fingerprint density at radius 1 is 1.25 bits per heavy atom. The standard InChI is InChI=1S/C16H19ClN2O/c1-3-14-10-15(19(4-2)18-14)11-16(20)9-12-6-5-7-13(17)8-12/h5-8,10H,3-4,9,11H2,1-2H3. The Morgan fingerprint density at radius 2 is 2.05 bits per heavy atom. The topological polar surface area (TPSA) is 34.9 Å². The molecule has 4 heteroatoms. The fraction of sp³-hybridized carbons (Fsp3) is 0.375. The summed E-state index contributed by atoms with van der Waals surface area (Å²) < 4.78 is 1.91. The first-order chi connectivity index (χ1) is 9.62. The average Bonchev–Trinajstić information content (AvgIpc) is 2.80. The summed E-state index contributed by atoms with van der Waals surface area (Å²) in [5, 5.41) is 5.13. The molecule has 0 bridgehead atoms. The molecule has 2 aromatic rings. The zero-order valence-corrected chi connectivity index (χ0v) is 12.7. The van der Waals surface area contributed by atoms with Crippen LogP contribution >= 0.6 is 11.6 Å². The van der Waals surface area contributed by atoms with Gasteiger partial charge in [0.1, 0.15) is 5.78 Å². The number of carbonyl (C=O) groups is 1. The second-order valence-corrected chi connectivity index (χ2v) is 5.25. The van der Waals surface area contributed by atoms with E-state index in [9.17, 15) is 4.79 Å². The second kappa shape index (κ2) is 6.71. The van der Waals surface area contributed by atoms with Gasteiger partial charge >= 0.3 is 0 Å². The fourth-order valence-corrected chi connectivity index (χ4v) is 2.46. The van der Waals surface area contributed by atoms with Crippen LogP contribution in [0.3, 0.4) is 0 Å². The Labute approximate surface area is 124 Å². The Balaban J connectivity index is 2.06. The van der Waals surface area contributed by atoms with Crippen molar-refractivity contribution < 1.29 is 4.79 Å². The highest BCUT2D eigenvalue weighted by atomic mass is 35.5. The fourth-order valence-electron chi connectivity index (χ4n) is 2.24. The monoisotopic (exact) mass is 290 g/mol. The van der Waals surface area contributed by atoms with E-state index >= 15 is 0 Å². The third kappa shape index (κ3) is 3.70. The van der Waals surface area contributed by atoms with E-state index in [-0.39, 0.29) is 5.78 Å². The van der Waals surface area contributed by atoms with E-state index in [0.29, 0.717) is 17.9 Å². The number of hydrogen-bond donors (Lipinski definition) is 0. The average molecular weight is 291 g/mol. The minimum absolute atomic E-state index is 0.185. The number of benzene rings is 1. The molecule has 20 heavy (non-hydrogen) atoms. The van der Waals surface area contributed by atoms with E-state index in [4.69, 9.17) is 11.6 Å². The van der Waals surface area contributed by atoms with Crippen LogP contribution in [0.1, 0.15) is 30.8 Å². The first kappa shape index (κ1) is 14.8. The Kier molecular flexibility index (Phi) is 4.96. The molecule has 0 aliphatic heterocycles. The molecule has 0 radical (unpaired) electrons. The van der Waals surface area contributed by atoms with Gasteiger partial charge in [-0.1, -0.05) is 30.7 Å². The lowest BCUT2D eigenvalue weighted by molar-refractivity contribution is -0.117. The van der Waals surface area contributed by atoms with Crippen molar-refractivity contribution in [1.29, 1.82) is 0 Å². The normalized spacial score (nSPS) is 10.8. The maximum absolute atomic E-state index is 12.2. The van der Waals surface area contributed by atoms with Crippen molar-refractivity contribution in [2.75, 3.05) is 0 Å². The number of hydrogen-bond acceptors (Lipinski definition) is 2. The second-order valence-electron chi connectivity index (χ2n) is 4.82. The Bertz CT molecular complexity index is 604. The van der Waals surface area contributed by atoms with Crippen LogP contribution in [0.25, 0.3) is 0 Å². The van der Waals surface area contributed by atoms with Crippen molar-refractivity contribution in [2.45, 2.75) is 39.7 Å². The molecule has 1 aromatic heterocycles. The maximum Gasteiger partial charge on any atom is 0.143 e. The van der Waals surface area contributed by atoms with E-state index in [1.54, 1.807) is 0 Å². The van der Waals surface area contributed by atoms with E-state index in [0.717, 1.165) is 29.9 Å². The molecule has 0 N–H and O–H groups in total. The van der Waals surface area contributed by atoms with Gasteiger partial charge in [-0.2, -0.15) is 5.10 Å². The van der Waals surface area contributed by atoms with Crippen LogP contribution in [0.4, 0.5) is 0 Å². The Morgan fingerprint density at radius 3 is 2.70 bits per heavy atom. The highest BCUT2D eigenvalue weighted by molar-refractivity contribution is 6.30. The molecule has 0 aliphatic carbocycles. The van der Waals surface area contributed by atoms with Gasteiger partial charge in [-0.15, -0.1) is 0 Å². The van der Waals surface area contributed by atoms with Crippen LogP contribution in [0.2, 0.25) is 5.02 Å². The molecule has 0 saturated carbocycles. The van der Waals surface area contributed by atoms with E-state index in [1.807, 2.05) is 41.9 Å². The van der Waals surface area contributed by atoms with E-state index in [2.05, 4.69) is 12.0 Å². The van der Waals surface area contributed by atoms with Gasteiger partial charge in [0, 0.05) is 30.1 Å². The number of rotatable bonds is 6. The molecule has 106 valence electrons. The SMILES string of the molecule is CCc1cc(CC(=O)Cc2cccc(Cl)c2)n(CC)n1. The summed E-state index contributed by atoms with van der Waals surface area (Å²) >= 11 is 5.93. The number of carbonyl (C=O) groups excluding carboxylic acids is 1. The lowest BCUT2D eigenvalue weighted by Crippen LogP contribution is -2.11. The van der Waals surface area contributed by atoms with Crippen LogP contribution in [0, 0.1) is 0 Å². The maximum atomic E-state index is 12.2. The van der Waals surface area contributed by atoms with Crippen LogP contribution in [0.5, 0.6) is 0 Å². The first-order valence-electron chi connectivity index (χ1n) is 6.94. The van der Waals surface area contributed by atoms with Gasteiger partial charge in [0.2, 0.25) is 0 Å². The number of Topliss-reactive ketones (excluding diaryl/α,β-unsaturated/α-hetero) is 1. The number of ketones is 1. The molecule has 1 heterocycles. The Hall–Kier alpha value is -1.61. The van der Waals surface area contributed by atoms with Gasteiger partial charge < -0.3 is 0 Å². The van der Waals surface area contributed by atoms with Gasteiger partial charge in [0.25, 0.3) is 0 Å². The quantitative estimate of drug-likeness (QED) is 0.816. The lowest BCUT2D eigenvalue weighted by Gasteiger charge is -2.04. The molecule has 0 atom stereocenters. The number of aryl methyl sites for hydroxylation is 2. The third-order valence-corrected chi connectivity index (χ3v) is 3.48. The van der Waals surface area contributed by atoms with Crippen molar-refractivity contribution in [3.05, 3.63) is 52.3 Å². The van der Waals surface area contributed by atoms with Crippen LogP contribution in [-0.4, -0.2) is 15.6 Å². The number of nitrogens with zero attached hydrogens (tertiary/aromatic N) is 2. The molecule has 1 aromatic carbocycles. The van der Waals surface area contributed by atoms with Gasteiger partial charge in [0.05, 0.1) is 5.69 Å². The lowest BCUT2D eigenvalue weighted by atomic mass is 10.1. The molecule has 0 fully saturated rings. The predicted molar refractivity (Wildman–Crippen MR) is 81.1 cm³/mol. The number of aromatic nitrogens is 2. The van der Waals surface area contributed by atoms with Crippen molar-refractivity contribution >= 4 is 17.4 Å². The molecule has 0 aliphatic rings. The molecule has 0 unspecified atom stereocenters. The third-order valence-electron chi connectivity index (χ3n) is 3.24. The predicted octanol–water partition coefficient (Wildman–Crippen LogP) is 3.47. The van der Waals surface area contributed by atoms with Crippen molar-refractivity contribution in [3.8, 4) is 0 Å². The van der Waals surface area contributed by atoms with E-state index < -0.39 is 0 Å². The van der Waals surface area contributed by atoms with Gasteiger partial charge in [-0.25, -0.2) is 0 Å². The highest BCUT2D eigenvalue weighted by Gasteiger charge is 2.11. The molecule has 2 rings (SSSR count). The minimum atomic E-state index is 0.185. The zero-order valence-electron chi connectivity index (χ0n) is 11.9. The van der Waals surface area contributed by atoms with Crippen LogP contribution < -0.4 is 0 Å². The smallest absolute Gasteiger partial charge is 0.143 e. The zero-order chi connectivity index (χ0) is 14.5. The molecular weight excluding hydrogens is 272 g/mol. The van der Waals surface area contributed by atoms with Crippen LogP contribution in [-0.2, 0) is 30.6 Å². The summed E-state index contributed by atoms with van der Waals surface area (Å²) in [4.78, 5) is 12.2. The van der Waals surface area contributed by atoms with Crippen molar-refractivity contribution in [2.24, 2.45) is 0 Å².